The summed E-state index contributed by atoms with van der Waals surface area (Å²) in [5, 5.41) is 11.8. The van der Waals surface area contributed by atoms with Crippen molar-refractivity contribution >= 4 is 11.6 Å². The fraction of sp³-hybridized carbons (Fsp3) is 0.294. The molecule has 0 aliphatic carbocycles. The van der Waals surface area contributed by atoms with Gasteiger partial charge in [-0.3, -0.25) is 4.79 Å². The molecule has 0 bridgehead atoms. The normalized spacial score (nSPS) is 12.2. The van der Waals surface area contributed by atoms with E-state index >= 15 is 0 Å². The molecule has 0 radical (unpaired) electrons. The van der Waals surface area contributed by atoms with Crippen molar-refractivity contribution in [3.8, 4) is 22.6 Å². The number of tetrazole rings is 1. The summed E-state index contributed by atoms with van der Waals surface area (Å²) >= 11 is 6.18. The number of nitrogens with zero attached hydrogens (tertiary/aromatic N) is 5. The summed E-state index contributed by atoms with van der Waals surface area (Å²) < 4.78 is 8.73. The maximum Gasteiger partial charge on any atom is 0.251 e. The standard InChI is InChI=1S/C17H18ClN5O2/c1-4-11(2)22-9-16(25-3)14(8-17(22)24)13-7-12(18)5-6-15(13)23-10-19-20-21-23/h5-11H,4H2,1-3H3. The van der Waals surface area contributed by atoms with Crippen LogP contribution >= 0.6 is 11.6 Å². The van der Waals surface area contributed by atoms with Crippen molar-refractivity contribution in [2.24, 2.45) is 0 Å². The average molecular weight is 360 g/mol. The number of ether oxygens (including phenoxy) is 1. The van der Waals surface area contributed by atoms with Crippen LogP contribution in [0.5, 0.6) is 5.75 Å². The molecule has 3 aromatic rings. The SMILES string of the molecule is CCC(C)n1cc(OC)c(-c2cc(Cl)ccc2-n2cnnn2)cc1=O. The first-order chi connectivity index (χ1) is 12.0. The monoisotopic (exact) mass is 359 g/mol. The van der Waals surface area contributed by atoms with Crippen molar-refractivity contribution in [2.75, 3.05) is 7.11 Å². The van der Waals surface area contributed by atoms with Crippen molar-refractivity contribution in [3.63, 3.8) is 0 Å². The Morgan fingerprint density at radius 3 is 2.72 bits per heavy atom. The molecule has 1 aromatic carbocycles. The van der Waals surface area contributed by atoms with Crippen LogP contribution in [0.2, 0.25) is 5.02 Å². The number of hydrogen-bond donors (Lipinski definition) is 0. The molecule has 2 heterocycles. The molecule has 25 heavy (non-hydrogen) atoms. The van der Waals surface area contributed by atoms with Crippen LogP contribution in [0.1, 0.15) is 26.3 Å². The van der Waals surface area contributed by atoms with Gasteiger partial charge in [-0.05, 0) is 42.0 Å². The smallest absolute Gasteiger partial charge is 0.251 e. The van der Waals surface area contributed by atoms with Gasteiger partial charge in [0.1, 0.15) is 12.1 Å². The van der Waals surface area contributed by atoms with E-state index in [1.54, 1.807) is 42.1 Å². The Hall–Kier alpha value is -2.67. The van der Waals surface area contributed by atoms with Gasteiger partial charge >= 0.3 is 0 Å². The summed E-state index contributed by atoms with van der Waals surface area (Å²) in [7, 11) is 1.57. The lowest BCUT2D eigenvalue weighted by Gasteiger charge is -2.18. The van der Waals surface area contributed by atoms with Crippen LogP contribution in [-0.2, 0) is 0 Å². The zero-order chi connectivity index (χ0) is 18.0. The highest BCUT2D eigenvalue weighted by molar-refractivity contribution is 6.31. The summed E-state index contributed by atoms with van der Waals surface area (Å²) in [6.45, 7) is 4.02. The summed E-state index contributed by atoms with van der Waals surface area (Å²) in [4.78, 5) is 12.6. The third kappa shape index (κ3) is 3.28. The number of hydrogen-bond acceptors (Lipinski definition) is 5. The van der Waals surface area contributed by atoms with Crippen LogP contribution in [0.15, 0.2) is 41.6 Å². The van der Waals surface area contributed by atoms with Crippen molar-refractivity contribution in [3.05, 3.63) is 52.2 Å². The van der Waals surface area contributed by atoms with Gasteiger partial charge < -0.3 is 9.30 Å². The van der Waals surface area contributed by atoms with E-state index in [0.29, 0.717) is 27.6 Å². The van der Waals surface area contributed by atoms with Gasteiger partial charge in [0, 0.05) is 28.3 Å². The second kappa shape index (κ2) is 7.06. The Balaban J connectivity index is 2.25. The maximum atomic E-state index is 12.6. The number of pyridine rings is 1. The van der Waals surface area contributed by atoms with Crippen LogP contribution < -0.4 is 10.3 Å². The predicted molar refractivity (Wildman–Crippen MR) is 95.4 cm³/mol. The molecule has 8 heteroatoms. The first-order valence-electron chi connectivity index (χ1n) is 7.88. The molecule has 0 spiro atoms. The Labute approximate surface area is 149 Å². The van der Waals surface area contributed by atoms with E-state index in [1.165, 1.54) is 11.0 Å². The molecule has 0 aliphatic heterocycles. The third-order valence-electron chi connectivity index (χ3n) is 4.17. The highest BCUT2D eigenvalue weighted by Gasteiger charge is 2.17. The van der Waals surface area contributed by atoms with Gasteiger partial charge in [0.05, 0.1) is 19.0 Å². The molecular formula is C17H18ClN5O2. The summed E-state index contributed by atoms with van der Waals surface area (Å²) in [5.41, 5.74) is 1.95. The van der Waals surface area contributed by atoms with Crippen LogP contribution in [0.25, 0.3) is 16.8 Å². The number of methoxy groups -OCH3 is 1. The topological polar surface area (TPSA) is 74.8 Å². The lowest BCUT2D eigenvalue weighted by molar-refractivity contribution is 0.403. The fourth-order valence-electron chi connectivity index (χ4n) is 2.64. The van der Waals surface area contributed by atoms with Crippen molar-refractivity contribution in [1.82, 2.24) is 24.8 Å². The Morgan fingerprint density at radius 1 is 1.28 bits per heavy atom. The largest absolute Gasteiger partial charge is 0.495 e. The molecule has 0 amide bonds. The van der Waals surface area contributed by atoms with Crippen LogP contribution in [-0.4, -0.2) is 31.9 Å². The van der Waals surface area contributed by atoms with Crippen molar-refractivity contribution < 1.29 is 4.74 Å². The number of rotatable bonds is 5. The summed E-state index contributed by atoms with van der Waals surface area (Å²) in [5.74, 6) is 0.580. The molecule has 1 unspecified atom stereocenters. The van der Waals surface area contributed by atoms with Crippen molar-refractivity contribution in [2.45, 2.75) is 26.3 Å². The van der Waals surface area contributed by atoms with E-state index in [2.05, 4.69) is 15.5 Å². The minimum Gasteiger partial charge on any atom is -0.495 e. The summed E-state index contributed by atoms with van der Waals surface area (Å²) in [6.07, 6.45) is 4.06. The first kappa shape index (κ1) is 17.2. The number of halogens is 1. The molecular weight excluding hydrogens is 342 g/mol. The van der Waals surface area contributed by atoms with Crippen LogP contribution in [0, 0.1) is 0 Å². The molecule has 3 rings (SSSR count). The Bertz CT molecular complexity index is 937. The van der Waals surface area contributed by atoms with E-state index in [1.807, 2.05) is 13.8 Å². The predicted octanol–water partition coefficient (Wildman–Crippen LogP) is 3.12. The second-order valence-electron chi connectivity index (χ2n) is 5.67. The van der Waals surface area contributed by atoms with Crippen molar-refractivity contribution in [1.29, 1.82) is 0 Å². The molecule has 1 atom stereocenters. The Morgan fingerprint density at radius 2 is 2.08 bits per heavy atom. The van der Waals surface area contributed by atoms with Gasteiger partial charge in [0.25, 0.3) is 5.56 Å². The molecule has 7 nitrogen and oxygen atoms in total. The maximum absolute atomic E-state index is 12.6. The van der Waals surface area contributed by atoms with E-state index in [0.717, 1.165) is 6.42 Å². The van der Waals surface area contributed by atoms with E-state index in [9.17, 15) is 4.79 Å². The van der Waals surface area contributed by atoms with Gasteiger partial charge in [0.15, 0.2) is 0 Å². The van der Waals surface area contributed by atoms with Gasteiger partial charge in [-0.25, -0.2) is 0 Å². The molecule has 0 N–H and O–H groups in total. The molecule has 0 saturated heterocycles. The van der Waals surface area contributed by atoms with E-state index in [4.69, 9.17) is 16.3 Å². The zero-order valence-electron chi connectivity index (χ0n) is 14.2. The number of benzene rings is 1. The van der Waals surface area contributed by atoms with Gasteiger partial charge in [-0.15, -0.1) is 5.10 Å². The highest BCUT2D eigenvalue weighted by Crippen LogP contribution is 2.35. The van der Waals surface area contributed by atoms with E-state index < -0.39 is 0 Å². The lowest BCUT2D eigenvalue weighted by atomic mass is 10.0. The average Bonchev–Trinajstić information content (AvgIpc) is 3.15. The molecule has 0 aliphatic rings. The van der Waals surface area contributed by atoms with Gasteiger partial charge in [-0.1, -0.05) is 18.5 Å². The molecule has 130 valence electrons. The van der Waals surface area contributed by atoms with Gasteiger partial charge in [0.2, 0.25) is 0 Å². The molecule has 2 aromatic heterocycles. The Kier molecular flexibility index (Phi) is 4.85. The quantitative estimate of drug-likeness (QED) is 0.699. The minimum absolute atomic E-state index is 0.0776. The molecule has 0 fully saturated rings. The first-order valence-corrected chi connectivity index (χ1v) is 8.26. The highest BCUT2D eigenvalue weighted by atomic mass is 35.5. The van der Waals surface area contributed by atoms with Crippen LogP contribution in [0.3, 0.4) is 0 Å². The third-order valence-corrected chi connectivity index (χ3v) is 4.41. The zero-order valence-corrected chi connectivity index (χ0v) is 14.9. The number of aromatic nitrogens is 5. The molecule has 0 saturated carbocycles. The lowest BCUT2D eigenvalue weighted by Crippen LogP contribution is -2.22. The fourth-order valence-corrected chi connectivity index (χ4v) is 2.81. The summed E-state index contributed by atoms with van der Waals surface area (Å²) in [6, 6.07) is 6.95. The van der Waals surface area contributed by atoms with Gasteiger partial charge in [-0.2, -0.15) is 4.68 Å². The minimum atomic E-state index is -0.104. The van der Waals surface area contributed by atoms with Crippen LogP contribution in [0.4, 0.5) is 0 Å². The van der Waals surface area contributed by atoms with E-state index in [-0.39, 0.29) is 11.6 Å². The second-order valence-corrected chi connectivity index (χ2v) is 6.11.